The van der Waals surface area contributed by atoms with Gasteiger partial charge in [0, 0.05) is 36.5 Å². The summed E-state index contributed by atoms with van der Waals surface area (Å²) in [6.07, 6.45) is 3.95. The van der Waals surface area contributed by atoms with E-state index >= 15 is 0 Å². The first-order valence-electron chi connectivity index (χ1n) is 9.43. The molecule has 0 unspecified atom stereocenters. The first-order chi connectivity index (χ1) is 14.4. The van der Waals surface area contributed by atoms with Crippen molar-refractivity contribution in [3.05, 3.63) is 47.7 Å². The van der Waals surface area contributed by atoms with Gasteiger partial charge in [0.25, 0.3) is 5.91 Å². The van der Waals surface area contributed by atoms with Gasteiger partial charge in [-0.25, -0.2) is 14.4 Å². The average molecular weight is 431 g/mol. The normalized spacial score (nSPS) is 25.4. The Bertz CT molecular complexity index is 987. The molecule has 2 aliphatic rings. The molecule has 2 heterocycles. The van der Waals surface area contributed by atoms with E-state index in [9.17, 15) is 9.18 Å². The highest BCUT2D eigenvalue weighted by molar-refractivity contribution is 8.13. The molecule has 4 rings (SSSR count). The van der Waals surface area contributed by atoms with E-state index in [1.807, 2.05) is 0 Å². The molecule has 3 N–H and O–H groups in total. The number of ether oxygens (including phenoxy) is 2. The molecule has 0 radical (unpaired) electrons. The van der Waals surface area contributed by atoms with Crippen molar-refractivity contribution in [3.8, 4) is 5.88 Å². The minimum Gasteiger partial charge on any atom is -0.480 e. The number of carbonyl (C=O) groups excluding carboxylic acids is 1. The van der Waals surface area contributed by atoms with Crippen molar-refractivity contribution in [1.82, 2.24) is 9.97 Å². The van der Waals surface area contributed by atoms with Crippen LogP contribution in [0.4, 0.5) is 10.1 Å². The van der Waals surface area contributed by atoms with Crippen molar-refractivity contribution in [2.24, 2.45) is 16.6 Å². The molecule has 30 heavy (non-hydrogen) atoms. The minimum atomic E-state index is -0.805. The predicted molar refractivity (Wildman–Crippen MR) is 112 cm³/mol. The third-order valence-corrected chi connectivity index (χ3v) is 6.55. The number of hydrogen-bond acceptors (Lipinski definition) is 8. The van der Waals surface area contributed by atoms with Gasteiger partial charge in [-0.3, -0.25) is 9.79 Å². The number of anilines is 1. The molecule has 0 spiro atoms. The molecule has 1 aliphatic carbocycles. The Morgan fingerprint density at radius 2 is 2.17 bits per heavy atom. The predicted octanol–water partition coefficient (Wildman–Crippen LogP) is 2.56. The molecule has 10 heteroatoms. The highest BCUT2D eigenvalue weighted by atomic mass is 32.2. The van der Waals surface area contributed by atoms with Crippen LogP contribution in [0.5, 0.6) is 5.88 Å². The Balaban J connectivity index is 1.66. The standard InChI is InChI=1S/C20H22FN5O3S/c1-28-13-5-11-10-30-19(22)26-20(11,7-13)14-6-12(3-4-15(14)21)25-18(27)16-8-24-17(29-2)9-23-16/h3-4,6,8-9,11,13H,5,7,10H2,1-2H3,(H2,22,26)(H,25,27)/t11-,13+,20-/m0/s1. The lowest BCUT2D eigenvalue weighted by Gasteiger charge is -2.36. The third kappa shape index (κ3) is 3.72. The van der Waals surface area contributed by atoms with Gasteiger partial charge in [0.05, 0.1) is 31.1 Å². The van der Waals surface area contributed by atoms with E-state index in [0.29, 0.717) is 28.7 Å². The molecule has 8 nitrogen and oxygen atoms in total. The Hall–Kier alpha value is -2.72. The molecule has 158 valence electrons. The number of rotatable bonds is 5. The van der Waals surface area contributed by atoms with E-state index < -0.39 is 11.4 Å². The van der Waals surface area contributed by atoms with E-state index in [1.165, 1.54) is 43.4 Å². The van der Waals surface area contributed by atoms with Crippen LogP contribution in [0.25, 0.3) is 0 Å². The summed E-state index contributed by atoms with van der Waals surface area (Å²) in [5.74, 6) is 0.294. The number of thioether (sulfide) groups is 1. The van der Waals surface area contributed by atoms with E-state index in [0.717, 1.165) is 12.2 Å². The number of halogens is 1. The summed E-state index contributed by atoms with van der Waals surface area (Å²) in [6, 6.07) is 4.47. The number of nitrogens with two attached hydrogens (primary N) is 1. The van der Waals surface area contributed by atoms with Crippen molar-refractivity contribution in [2.75, 3.05) is 25.3 Å². The maximum Gasteiger partial charge on any atom is 0.275 e. The van der Waals surface area contributed by atoms with Crippen LogP contribution in [0, 0.1) is 11.7 Å². The van der Waals surface area contributed by atoms with Crippen molar-refractivity contribution in [3.63, 3.8) is 0 Å². The third-order valence-electron chi connectivity index (χ3n) is 5.60. The van der Waals surface area contributed by atoms with Gasteiger partial charge in [-0.15, -0.1) is 0 Å². The summed E-state index contributed by atoms with van der Waals surface area (Å²) >= 11 is 1.48. The Morgan fingerprint density at radius 3 is 2.87 bits per heavy atom. The van der Waals surface area contributed by atoms with E-state index in [4.69, 9.17) is 20.2 Å². The van der Waals surface area contributed by atoms with Crippen LogP contribution in [0.1, 0.15) is 28.9 Å². The number of carbonyl (C=O) groups is 1. The second-order valence-electron chi connectivity index (χ2n) is 7.27. The van der Waals surface area contributed by atoms with Crippen LogP contribution < -0.4 is 15.8 Å². The zero-order valence-corrected chi connectivity index (χ0v) is 17.4. The molecule has 1 fully saturated rings. The minimum absolute atomic E-state index is 0.0301. The van der Waals surface area contributed by atoms with Crippen LogP contribution in [0.2, 0.25) is 0 Å². The first-order valence-corrected chi connectivity index (χ1v) is 10.4. The van der Waals surface area contributed by atoms with Crippen molar-refractivity contribution >= 4 is 28.5 Å². The number of nitrogens with zero attached hydrogens (tertiary/aromatic N) is 3. The molecule has 1 saturated carbocycles. The highest BCUT2D eigenvalue weighted by Gasteiger charge is 2.52. The second kappa shape index (κ2) is 8.19. The summed E-state index contributed by atoms with van der Waals surface area (Å²) in [5.41, 5.74) is 6.19. The number of methoxy groups -OCH3 is 2. The first kappa shape index (κ1) is 20.5. The van der Waals surface area contributed by atoms with Gasteiger partial charge in [-0.1, -0.05) is 11.8 Å². The van der Waals surface area contributed by atoms with E-state index in [-0.39, 0.29) is 23.5 Å². The van der Waals surface area contributed by atoms with E-state index in [2.05, 4.69) is 15.3 Å². The number of amidine groups is 1. The van der Waals surface area contributed by atoms with Gasteiger partial charge in [-0.05, 0) is 24.6 Å². The fraction of sp³-hybridized carbons (Fsp3) is 0.400. The Kier molecular flexibility index (Phi) is 5.61. The lowest BCUT2D eigenvalue weighted by molar-refractivity contribution is 0.101. The van der Waals surface area contributed by atoms with Gasteiger partial charge >= 0.3 is 0 Å². The van der Waals surface area contributed by atoms with Crippen LogP contribution in [0.3, 0.4) is 0 Å². The Labute approximate surface area is 177 Å². The molecule has 0 bridgehead atoms. The molecule has 1 aromatic heterocycles. The largest absolute Gasteiger partial charge is 0.480 e. The number of nitrogens with one attached hydrogen (secondary N) is 1. The molecular weight excluding hydrogens is 409 g/mol. The van der Waals surface area contributed by atoms with Gasteiger partial charge < -0.3 is 20.5 Å². The number of fused-ring (bicyclic) bond motifs is 1. The van der Waals surface area contributed by atoms with Gasteiger partial charge in [0.1, 0.15) is 11.5 Å². The van der Waals surface area contributed by atoms with Gasteiger partial charge in [-0.2, -0.15) is 0 Å². The van der Waals surface area contributed by atoms with Crippen molar-refractivity contribution in [2.45, 2.75) is 24.5 Å². The van der Waals surface area contributed by atoms with Crippen molar-refractivity contribution in [1.29, 1.82) is 0 Å². The van der Waals surface area contributed by atoms with Crippen LogP contribution in [0.15, 0.2) is 35.6 Å². The smallest absolute Gasteiger partial charge is 0.275 e. The monoisotopic (exact) mass is 431 g/mol. The number of aromatic nitrogens is 2. The molecule has 1 amide bonds. The zero-order chi connectivity index (χ0) is 21.3. The number of amides is 1. The van der Waals surface area contributed by atoms with E-state index in [1.54, 1.807) is 13.2 Å². The number of aliphatic imine (C=N–C) groups is 1. The fourth-order valence-corrected chi connectivity index (χ4v) is 5.12. The molecule has 2 aromatic rings. The van der Waals surface area contributed by atoms with Crippen molar-refractivity contribution < 1.29 is 18.7 Å². The summed E-state index contributed by atoms with van der Waals surface area (Å²) in [5, 5.41) is 3.19. The summed E-state index contributed by atoms with van der Waals surface area (Å²) < 4.78 is 25.5. The van der Waals surface area contributed by atoms with Crippen LogP contribution in [-0.2, 0) is 10.3 Å². The molecular formula is C20H22FN5O3S. The number of hydrogen-bond donors (Lipinski definition) is 2. The maximum absolute atomic E-state index is 15.0. The topological polar surface area (TPSA) is 112 Å². The summed E-state index contributed by atoms with van der Waals surface area (Å²) in [4.78, 5) is 25.2. The van der Waals surface area contributed by atoms with Crippen LogP contribution >= 0.6 is 11.8 Å². The second-order valence-corrected chi connectivity index (χ2v) is 8.31. The zero-order valence-electron chi connectivity index (χ0n) is 16.6. The molecule has 3 atom stereocenters. The maximum atomic E-state index is 15.0. The lowest BCUT2D eigenvalue weighted by Crippen LogP contribution is -2.37. The van der Waals surface area contributed by atoms with Gasteiger partial charge in [0.2, 0.25) is 5.88 Å². The lowest BCUT2D eigenvalue weighted by atomic mass is 9.81. The molecule has 1 aliphatic heterocycles. The average Bonchev–Trinajstić information content (AvgIpc) is 3.14. The fourth-order valence-electron chi connectivity index (χ4n) is 4.11. The quantitative estimate of drug-likeness (QED) is 0.748. The highest BCUT2D eigenvalue weighted by Crippen LogP contribution is 2.52. The molecule has 0 saturated heterocycles. The SMILES string of the molecule is COc1cnc(C(=O)Nc2ccc(F)c([C@]34C[C@H](OC)C[C@H]3CSC(N)=N4)c2)cn1. The number of benzene rings is 1. The Morgan fingerprint density at radius 1 is 1.33 bits per heavy atom. The van der Waals surface area contributed by atoms with Gasteiger partial charge in [0.15, 0.2) is 5.17 Å². The summed E-state index contributed by atoms with van der Waals surface area (Å²) in [6.45, 7) is 0. The molecule has 1 aromatic carbocycles. The summed E-state index contributed by atoms with van der Waals surface area (Å²) in [7, 11) is 3.12. The van der Waals surface area contributed by atoms with Crippen LogP contribution in [-0.4, -0.2) is 47.1 Å².